The normalized spacial score (nSPS) is 11.8. The molecule has 0 amide bonds. The van der Waals surface area contributed by atoms with Crippen molar-refractivity contribution < 1.29 is 31.5 Å². The number of rotatable bonds is 4. The molecule has 112 valence electrons. The van der Waals surface area contributed by atoms with E-state index < -0.39 is 47.4 Å². The highest BCUT2D eigenvalue weighted by Crippen LogP contribution is 2.32. The van der Waals surface area contributed by atoms with Gasteiger partial charge >= 0.3 is 12.1 Å². The van der Waals surface area contributed by atoms with Crippen LogP contribution < -0.4 is 5.56 Å². The first-order valence-corrected chi connectivity index (χ1v) is 5.43. The van der Waals surface area contributed by atoms with Crippen molar-refractivity contribution in [3.05, 3.63) is 33.2 Å². The van der Waals surface area contributed by atoms with Crippen molar-refractivity contribution in [2.24, 2.45) is 0 Å². The molecule has 0 atom stereocenters. The molecule has 0 aliphatic carbocycles. The van der Waals surface area contributed by atoms with E-state index in [9.17, 15) is 31.5 Å². The maximum absolute atomic E-state index is 12.7. The van der Waals surface area contributed by atoms with Crippen LogP contribution >= 0.6 is 0 Å². The van der Waals surface area contributed by atoms with Gasteiger partial charge in [0.1, 0.15) is 0 Å². The van der Waals surface area contributed by atoms with Gasteiger partial charge < -0.3 is 9.72 Å². The maximum atomic E-state index is 12.7. The summed E-state index contributed by atoms with van der Waals surface area (Å²) in [6, 6.07) is 0.0536. The molecule has 9 heteroatoms. The van der Waals surface area contributed by atoms with E-state index in [1.807, 2.05) is 0 Å². The van der Waals surface area contributed by atoms with Gasteiger partial charge in [-0.15, -0.1) is 0 Å². The molecule has 0 fully saturated rings. The van der Waals surface area contributed by atoms with Gasteiger partial charge in [0.2, 0.25) is 0 Å². The number of carbonyl (C=O) groups excluding carboxylic acids is 1. The highest BCUT2D eigenvalue weighted by Gasteiger charge is 2.36. The van der Waals surface area contributed by atoms with E-state index in [4.69, 9.17) is 0 Å². The molecule has 1 rings (SSSR count). The van der Waals surface area contributed by atoms with Crippen molar-refractivity contribution in [3.8, 4) is 0 Å². The Morgan fingerprint density at radius 1 is 1.40 bits per heavy atom. The number of ether oxygens (including phenoxy) is 1. The van der Waals surface area contributed by atoms with Crippen molar-refractivity contribution in [2.45, 2.75) is 25.9 Å². The quantitative estimate of drug-likeness (QED) is 0.686. The molecule has 0 saturated carbocycles. The average molecular weight is 299 g/mol. The number of alkyl halides is 5. The van der Waals surface area contributed by atoms with E-state index in [0.29, 0.717) is 0 Å². The van der Waals surface area contributed by atoms with Crippen LogP contribution in [0, 0.1) is 0 Å². The van der Waals surface area contributed by atoms with E-state index >= 15 is 0 Å². The van der Waals surface area contributed by atoms with Gasteiger partial charge in [-0.05, 0) is 13.0 Å². The number of hydrogen-bond acceptors (Lipinski definition) is 3. The first kappa shape index (κ1) is 16.1. The Morgan fingerprint density at radius 3 is 2.45 bits per heavy atom. The molecule has 4 nitrogen and oxygen atoms in total. The van der Waals surface area contributed by atoms with E-state index in [2.05, 4.69) is 4.74 Å². The molecule has 1 N–H and O–H groups in total. The number of hydrogen-bond donors (Lipinski definition) is 1. The van der Waals surface area contributed by atoms with Gasteiger partial charge in [-0.1, -0.05) is 0 Å². The first-order chi connectivity index (χ1) is 9.16. The van der Waals surface area contributed by atoms with Gasteiger partial charge in [-0.2, -0.15) is 13.2 Å². The summed E-state index contributed by atoms with van der Waals surface area (Å²) >= 11 is 0. The van der Waals surface area contributed by atoms with E-state index in [1.165, 1.54) is 6.92 Å². The van der Waals surface area contributed by atoms with Crippen LogP contribution in [0.5, 0.6) is 0 Å². The Labute approximate surface area is 109 Å². The zero-order valence-corrected chi connectivity index (χ0v) is 10.2. The van der Waals surface area contributed by atoms with Crippen LogP contribution in [0.2, 0.25) is 0 Å². The lowest BCUT2D eigenvalue weighted by molar-refractivity contribution is -0.143. The first-order valence-electron chi connectivity index (χ1n) is 5.43. The fraction of sp³-hybridized carbons (Fsp3) is 0.455. The molecular formula is C11H10F5NO3. The molecule has 0 aliphatic heterocycles. The summed E-state index contributed by atoms with van der Waals surface area (Å²) in [5.41, 5.74) is -4.96. The third kappa shape index (κ3) is 3.78. The number of halogens is 5. The van der Waals surface area contributed by atoms with Crippen LogP contribution in [0.3, 0.4) is 0 Å². The number of nitrogens with one attached hydrogen (secondary N) is 1. The Kier molecular flexibility index (Phi) is 4.85. The van der Waals surface area contributed by atoms with Crippen LogP contribution in [0.4, 0.5) is 22.0 Å². The molecule has 0 spiro atoms. The maximum Gasteiger partial charge on any atom is 0.418 e. The van der Waals surface area contributed by atoms with Crippen LogP contribution in [-0.4, -0.2) is 17.6 Å². The summed E-state index contributed by atoms with van der Waals surface area (Å²) in [7, 11) is 0. The SMILES string of the molecule is CCOC(=O)Cc1[nH]c(=O)c(C(F)F)cc1C(F)(F)F. The minimum atomic E-state index is -4.98. The molecule has 0 aliphatic rings. The molecule has 1 heterocycles. The Bertz CT molecular complexity index is 550. The molecule has 20 heavy (non-hydrogen) atoms. The fourth-order valence-electron chi connectivity index (χ4n) is 1.50. The molecular weight excluding hydrogens is 289 g/mol. The van der Waals surface area contributed by atoms with E-state index in [0.717, 1.165) is 0 Å². The number of aromatic amines is 1. The highest BCUT2D eigenvalue weighted by molar-refractivity contribution is 5.72. The van der Waals surface area contributed by atoms with Crippen LogP contribution in [0.1, 0.15) is 30.2 Å². The molecule has 1 aromatic rings. The van der Waals surface area contributed by atoms with Crippen molar-refractivity contribution in [1.29, 1.82) is 0 Å². The third-order valence-electron chi connectivity index (χ3n) is 2.32. The smallest absolute Gasteiger partial charge is 0.418 e. The summed E-state index contributed by atoms with van der Waals surface area (Å²) in [4.78, 5) is 24.1. The Hall–Kier alpha value is -1.93. The monoisotopic (exact) mass is 299 g/mol. The predicted molar refractivity (Wildman–Crippen MR) is 57.4 cm³/mol. The van der Waals surface area contributed by atoms with Crippen LogP contribution in [-0.2, 0) is 22.1 Å². The van der Waals surface area contributed by atoms with Crippen LogP contribution in [0.15, 0.2) is 10.9 Å². The summed E-state index contributed by atoms with van der Waals surface area (Å²) in [5, 5.41) is 0. The molecule has 0 aromatic carbocycles. The Morgan fingerprint density at radius 2 is 2.00 bits per heavy atom. The van der Waals surface area contributed by atoms with Gasteiger partial charge in [-0.3, -0.25) is 9.59 Å². The molecule has 0 bridgehead atoms. The molecule has 0 unspecified atom stereocenters. The largest absolute Gasteiger partial charge is 0.466 e. The van der Waals surface area contributed by atoms with Gasteiger partial charge in [0.05, 0.1) is 24.2 Å². The number of pyridine rings is 1. The molecule has 0 radical (unpaired) electrons. The van der Waals surface area contributed by atoms with Crippen molar-refractivity contribution in [2.75, 3.05) is 6.61 Å². The summed E-state index contributed by atoms with van der Waals surface area (Å²) in [6.07, 6.45) is -9.19. The summed E-state index contributed by atoms with van der Waals surface area (Å²) in [5.74, 6) is -1.00. The van der Waals surface area contributed by atoms with Crippen molar-refractivity contribution >= 4 is 5.97 Å². The number of esters is 1. The second kappa shape index (κ2) is 6.02. The standard InChI is InChI=1S/C11H10F5NO3/c1-2-20-8(18)4-7-6(11(14,15)16)3-5(9(12)13)10(19)17-7/h3,9H,2,4H2,1H3,(H,17,19). The Balaban J connectivity index is 3.32. The lowest BCUT2D eigenvalue weighted by Gasteiger charge is -2.13. The average Bonchev–Trinajstić information content (AvgIpc) is 2.26. The lowest BCUT2D eigenvalue weighted by atomic mass is 10.1. The highest BCUT2D eigenvalue weighted by atomic mass is 19.4. The molecule has 0 saturated heterocycles. The van der Waals surface area contributed by atoms with Gasteiger partial charge in [-0.25, -0.2) is 8.78 Å². The zero-order valence-electron chi connectivity index (χ0n) is 10.2. The summed E-state index contributed by atoms with van der Waals surface area (Å²) in [6.45, 7) is 1.39. The van der Waals surface area contributed by atoms with E-state index in [-0.39, 0.29) is 12.7 Å². The minimum absolute atomic E-state index is 0.0536. The lowest BCUT2D eigenvalue weighted by Crippen LogP contribution is -2.23. The van der Waals surface area contributed by atoms with Gasteiger partial charge in [0, 0.05) is 5.69 Å². The predicted octanol–water partition coefficient (Wildman–Crippen LogP) is 2.44. The van der Waals surface area contributed by atoms with Crippen LogP contribution in [0.25, 0.3) is 0 Å². The number of H-pyrrole nitrogens is 1. The van der Waals surface area contributed by atoms with Gasteiger partial charge in [0.25, 0.3) is 12.0 Å². The van der Waals surface area contributed by atoms with Gasteiger partial charge in [0.15, 0.2) is 0 Å². The van der Waals surface area contributed by atoms with Crippen molar-refractivity contribution in [3.63, 3.8) is 0 Å². The number of carbonyl (C=O) groups is 1. The summed E-state index contributed by atoms with van der Waals surface area (Å²) < 4.78 is 67.5. The second-order valence-corrected chi connectivity index (χ2v) is 3.73. The van der Waals surface area contributed by atoms with Crippen molar-refractivity contribution in [1.82, 2.24) is 4.98 Å². The minimum Gasteiger partial charge on any atom is -0.466 e. The second-order valence-electron chi connectivity index (χ2n) is 3.73. The topological polar surface area (TPSA) is 59.2 Å². The fourth-order valence-corrected chi connectivity index (χ4v) is 1.50. The number of aromatic nitrogens is 1. The third-order valence-corrected chi connectivity index (χ3v) is 2.32. The zero-order chi connectivity index (χ0) is 15.5. The molecule has 1 aromatic heterocycles. The van der Waals surface area contributed by atoms with E-state index in [1.54, 1.807) is 4.98 Å².